The molecular formula is C13H18N4O3. The Morgan fingerprint density at radius 3 is 2.85 bits per heavy atom. The molecule has 0 aliphatic rings. The lowest BCUT2D eigenvalue weighted by atomic mass is 10.2. The van der Waals surface area contributed by atoms with Gasteiger partial charge in [0.15, 0.2) is 0 Å². The van der Waals surface area contributed by atoms with E-state index in [1.807, 2.05) is 0 Å². The first-order chi connectivity index (χ1) is 9.63. The summed E-state index contributed by atoms with van der Waals surface area (Å²) in [6.07, 6.45) is 1.78. The number of esters is 1. The molecule has 0 amide bonds. The van der Waals surface area contributed by atoms with Gasteiger partial charge >= 0.3 is 5.97 Å². The molecule has 7 nitrogen and oxygen atoms in total. The number of methoxy groups -OCH3 is 2. The van der Waals surface area contributed by atoms with Crippen LogP contribution < -0.4 is 10.6 Å². The Balaban J connectivity index is 3.10. The summed E-state index contributed by atoms with van der Waals surface area (Å²) in [6, 6.07) is 3.58. The smallest absolute Gasteiger partial charge is 0.341 e. The number of aromatic nitrogens is 1. The van der Waals surface area contributed by atoms with Gasteiger partial charge < -0.3 is 20.1 Å². The highest BCUT2D eigenvalue weighted by Gasteiger charge is 2.19. The Bertz CT molecular complexity index is 499. The maximum Gasteiger partial charge on any atom is 0.341 e. The monoisotopic (exact) mass is 278 g/mol. The molecule has 0 saturated carbocycles. The average Bonchev–Trinajstić information content (AvgIpc) is 2.47. The second-order valence-electron chi connectivity index (χ2n) is 4.02. The van der Waals surface area contributed by atoms with Gasteiger partial charge in [-0.1, -0.05) is 0 Å². The first-order valence-corrected chi connectivity index (χ1v) is 6.08. The van der Waals surface area contributed by atoms with E-state index in [0.29, 0.717) is 37.6 Å². The van der Waals surface area contributed by atoms with Gasteiger partial charge in [-0.2, -0.15) is 5.26 Å². The van der Waals surface area contributed by atoms with Gasteiger partial charge in [-0.15, -0.1) is 0 Å². The Morgan fingerprint density at radius 2 is 2.25 bits per heavy atom. The number of carbonyl (C=O) groups excluding carboxylic acids is 1. The van der Waals surface area contributed by atoms with Gasteiger partial charge in [0.25, 0.3) is 0 Å². The number of nitriles is 1. The molecule has 1 aromatic rings. The molecule has 0 bridgehead atoms. The summed E-state index contributed by atoms with van der Waals surface area (Å²) in [4.78, 5) is 17.8. The predicted octanol–water partition coefficient (Wildman–Crippen LogP) is 0.817. The van der Waals surface area contributed by atoms with Crippen LogP contribution >= 0.6 is 0 Å². The lowest BCUT2D eigenvalue weighted by Crippen LogP contribution is -2.30. The third-order valence-electron chi connectivity index (χ3n) is 2.65. The summed E-state index contributed by atoms with van der Waals surface area (Å²) in [5.74, 6) is -0.0717. The zero-order valence-electron chi connectivity index (χ0n) is 11.6. The van der Waals surface area contributed by atoms with Crippen LogP contribution in [-0.4, -0.2) is 44.9 Å². The fourth-order valence-electron chi connectivity index (χ4n) is 1.70. The van der Waals surface area contributed by atoms with Gasteiger partial charge in [-0.25, -0.2) is 9.78 Å². The van der Waals surface area contributed by atoms with Crippen LogP contribution in [0.2, 0.25) is 0 Å². The molecule has 0 saturated heterocycles. The highest BCUT2D eigenvalue weighted by atomic mass is 16.5. The predicted molar refractivity (Wildman–Crippen MR) is 74.3 cm³/mol. The molecule has 0 aliphatic carbocycles. The molecule has 0 fully saturated rings. The molecule has 0 aliphatic heterocycles. The molecule has 1 rings (SSSR count). The molecule has 0 spiro atoms. The van der Waals surface area contributed by atoms with Crippen molar-refractivity contribution in [2.24, 2.45) is 0 Å². The van der Waals surface area contributed by atoms with Gasteiger partial charge in [0.05, 0.1) is 38.1 Å². The Hall–Kier alpha value is -2.33. The third-order valence-corrected chi connectivity index (χ3v) is 2.65. The Morgan fingerprint density at radius 1 is 1.50 bits per heavy atom. The minimum atomic E-state index is -0.515. The topological polar surface area (TPSA) is 101 Å². The largest absolute Gasteiger partial charge is 0.465 e. The first-order valence-electron chi connectivity index (χ1n) is 6.08. The SMILES string of the molecule is COCCN(CCC#N)c1ncc(N)cc1C(=O)OC. The van der Waals surface area contributed by atoms with E-state index >= 15 is 0 Å². The number of hydrogen-bond acceptors (Lipinski definition) is 7. The van der Waals surface area contributed by atoms with E-state index < -0.39 is 5.97 Å². The van der Waals surface area contributed by atoms with Crippen molar-refractivity contribution < 1.29 is 14.3 Å². The zero-order chi connectivity index (χ0) is 15.0. The van der Waals surface area contributed by atoms with E-state index in [9.17, 15) is 4.79 Å². The van der Waals surface area contributed by atoms with Crippen LogP contribution in [0.4, 0.5) is 11.5 Å². The van der Waals surface area contributed by atoms with Crippen LogP contribution in [0.3, 0.4) is 0 Å². The number of rotatable bonds is 7. The standard InChI is InChI=1S/C13H18N4O3/c1-19-7-6-17(5-3-4-14)12-11(13(18)20-2)8-10(15)9-16-12/h8-9H,3,5-7,15H2,1-2H3. The molecule has 1 heterocycles. The van der Waals surface area contributed by atoms with Crippen molar-refractivity contribution in [3.63, 3.8) is 0 Å². The van der Waals surface area contributed by atoms with E-state index in [0.717, 1.165) is 0 Å². The molecule has 0 radical (unpaired) electrons. The van der Waals surface area contributed by atoms with Gasteiger partial charge in [-0.3, -0.25) is 0 Å². The zero-order valence-corrected chi connectivity index (χ0v) is 11.6. The molecule has 108 valence electrons. The van der Waals surface area contributed by atoms with Crippen LogP contribution in [0.1, 0.15) is 16.8 Å². The lowest BCUT2D eigenvalue weighted by molar-refractivity contribution is 0.0601. The molecule has 2 N–H and O–H groups in total. The number of nitrogens with two attached hydrogens (primary N) is 1. The molecular weight excluding hydrogens is 260 g/mol. The number of nitrogens with zero attached hydrogens (tertiary/aromatic N) is 3. The van der Waals surface area contributed by atoms with Crippen molar-refractivity contribution in [1.82, 2.24) is 4.98 Å². The number of ether oxygens (including phenoxy) is 2. The van der Waals surface area contributed by atoms with E-state index in [-0.39, 0.29) is 5.56 Å². The van der Waals surface area contributed by atoms with E-state index in [1.54, 1.807) is 12.0 Å². The average molecular weight is 278 g/mol. The normalized spacial score (nSPS) is 9.85. The number of carbonyl (C=O) groups is 1. The summed E-state index contributed by atoms with van der Waals surface area (Å²) in [6.45, 7) is 1.41. The molecule has 7 heteroatoms. The number of hydrogen-bond donors (Lipinski definition) is 1. The van der Waals surface area contributed by atoms with Gasteiger partial charge in [0.1, 0.15) is 11.4 Å². The van der Waals surface area contributed by atoms with Crippen molar-refractivity contribution in [1.29, 1.82) is 5.26 Å². The quantitative estimate of drug-likeness (QED) is 0.736. The number of anilines is 2. The number of nitrogen functional groups attached to an aromatic ring is 1. The summed E-state index contributed by atoms with van der Waals surface area (Å²) < 4.78 is 9.76. The highest BCUT2D eigenvalue weighted by molar-refractivity contribution is 5.95. The van der Waals surface area contributed by atoms with E-state index in [2.05, 4.69) is 11.1 Å². The summed E-state index contributed by atoms with van der Waals surface area (Å²) in [5, 5.41) is 8.72. The summed E-state index contributed by atoms with van der Waals surface area (Å²) >= 11 is 0. The first kappa shape index (κ1) is 15.7. The van der Waals surface area contributed by atoms with Crippen molar-refractivity contribution in [3.8, 4) is 6.07 Å². The second kappa shape index (κ2) is 7.96. The third kappa shape index (κ3) is 4.10. The minimum Gasteiger partial charge on any atom is -0.465 e. The fraction of sp³-hybridized carbons (Fsp3) is 0.462. The number of pyridine rings is 1. The minimum absolute atomic E-state index is 0.279. The van der Waals surface area contributed by atoms with Crippen LogP contribution in [0.15, 0.2) is 12.3 Å². The van der Waals surface area contributed by atoms with Gasteiger partial charge in [0.2, 0.25) is 0 Å². The van der Waals surface area contributed by atoms with E-state index in [1.165, 1.54) is 19.4 Å². The summed E-state index contributed by atoms with van der Waals surface area (Å²) in [5.41, 5.74) is 6.31. The highest BCUT2D eigenvalue weighted by Crippen LogP contribution is 2.21. The fourth-order valence-corrected chi connectivity index (χ4v) is 1.70. The van der Waals surface area contributed by atoms with Gasteiger partial charge in [-0.05, 0) is 6.07 Å². The molecule has 0 atom stereocenters. The molecule has 1 aromatic heterocycles. The molecule has 0 aromatic carbocycles. The van der Waals surface area contributed by atoms with Gasteiger partial charge in [0, 0.05) is 20.2 Å². The van der Waals surface area contributed by atoms with Crippen molar-refractivity contribution in [3.05, 3.63) is 17.8 Å². The maximum absolute atomic E-state index is 11.8. The van der Waals surface area contributed by atoms with Crippen molar-refractivity contribution in [2.75, 3.05) is 44.5 Å². The second-order valence-corrected chi connectivity index (χ2v) is 4.02. The maximum atomic E-state index is 11.8. The molecule has 20 heavy (non-hydrogen) atoms. The van der Waals surface area contributed by atoms with Crippen molar-refractivity contribution >= 4 is 17.5 Å². The Kier molecular flexibility index (Phi) is 6.26. The lowest BCUT2D eigenvalue weighted by Gasteiger charge is -2.24. The van der Waals surface area contributed by atoms with E-state index in [4.69, 9.17) is 20.5 Å². The van der Waals surface area contributed by atoms with Crippen LogP contribution in [0, 0.1) is 11.3 Å². The Labute approximate surface area is 117 Å². The summed E-state index contributed by atoms with van der Waals surface area (Å²) in [7, 11) is 2.88. The molecule has 0 unspecified atom stereocenters. The van der Waals surface area contributed by atoms with Crippen LogP contribution in [0.5, 0.6) is 0 Å². The van der Waals surface area contributed by atoms with Crippen molar-refractivity contribution in [2.45, 2.75) is 6.42 Å². The van der Waals surface area contributed by atoms with Crippen LogP contribution in [-0.2, 0) is 9.47 Å². The van der Waals surface area contributed by atoms with Crippen LogP contribution in [0.25, 0.3) is 0 Å².